The number of amides is 2. The van der Waals surface area contributed by atoms with E-state index in [1.54, 1.807) is 6.07 Å². The predicted octanol–water partition coefficient (Wildman–Crippen LogP) is 1.12. The number of halogens is 1. The van der Waals surface area contributed by atoms with E-state index in [1.807, 2.05) is 0 Å². The molecule has 0 spiro atoms. The Morgan fingerprint density at radius 2 is 1.95 bits per heavy atom. The fourth-order valence-corrected chi connectivity index (χ4v) is 2.42. The van der Waals surface area contributed by atoms with Gasteiger partial charge in [0.05, 0.1) is 0 Å². The van der Waals surface area contributed by atoms with Crippen molar-refractivity contribution in [1.29, 1.82) is 0 Å². The number of rotatable bonds is 5. The van der Waals surface area contributed by atoms with Gasteiger partial charge in [0.25, 0.3) is 5.91 Å². The lowest BCUT2D eigenvalue weighted by atomic mass is 9.97. The van der Waals surface area contributed by atoms with Crippen LogP contribution in [0.5, 0.6) is 5.75 Å². The number of hydrogen-bond donors (Lipinski definition) is 2. The van der Waals surface area contributed by atoms with Crippen molar-refractivity contribution in [3.63, 3.8) is 0 Å². The third-order valence-corrected chi connectivity index (χ3v) is 3.50. The first kappa shape index (κ1) is 14.3. The van der Waals surface area contributed by atoms with E-state index in [-0.39, 0.29) is 12.4 Å². The van der Waals surface area contributed by atoms with E-state index < -0.39 is 23.2 Å². The minimum absolute atomic E-state index is 0.00203. The van der Waals surface area contributed by atoms with Gasteiger partial charge in [-0.15, -0.1) is 0 Å². The van der Waals surface area contributed by atoms with E-state index in [9.17, 15) is 14.0 Å². The molecule has 1 aromatic carbocycles. The first-order chi connectivity index (χ1) is 9.53. The van der Waals surface area contributed by atoms with E-state index >= 15 is 0 Å². The van der Waals surface area contributed by atoms with E-state index in [0.717, 1.165) is 12.8 Å². The summed E-state index contributed by atoms with van der Waals surface area (Å²) in [7, 11) is 0. The molecule has 0 saturated heterocycles. The number of ether oxygens (including phenoxy) is 1. The minimum atomic E-state index is -0.977. The van der Waals surface area contributed by atoms with Gasteiger partial charge >= 0.3 is 0 Å². The summed E-state index contributed by atoms with van der Waals surface area (Å²) >= 11 is 0. The Labute approximate surface area is 116 Å². The standard InChI is InChI=1S/C14H17FN2O3/c15-10-5-1-2-6-11(10)20-9-12(18)17-14(13(16)19)7-3-4-8-14/h1-2,5-6H,3-4,7-9H2,(H2,16,19)(H,17,18). The van der Waals surface area contributed by atoms with Crippen LogP contribution < -0.4 is 15.8 Å². The molecule has 0 bridgehead atoms. The minimum Gasteiger partial charge on any atom is -0.481 e. The molecule has 0 aliphatic heterocycles. The van der Waals surface area contributed by atoms with Crippen molar-refractivity contribution in [1.82, 2.24) is 5.32 Å². The van der Waals surface area contributed by atoms with Gasteiger partial charge in [0.1, 0.15) is 5.54 Å². The van der Waals surface area contributed by atoms with Gasteiger partial charge in [-0.1, -0.05) is 25.0 Å². The largest absolute Gasteiger partial charge is 0.481 e. The molecule has 0 atom stereocenters. The predicted molar refractivity (Wildman–Crippen MR) is 70.4 cm³/mol. The summed E-state index contributed by atoms with van der Waals surface area (Å²) in [6, 6.07) is 5.82. The monoisotopic (exact) mass is 280 g/mol. The van der Waals surface area contributed by atoms with Crippen LogP contribution in [-0.2, 0) is 9.59 Å². The average Bonchev–Trinajstić information content (AvgIpc) is 2.88. The fourth-order valence-electron chi connectivity index (χ4n) is 2.42. The Hall–Kier alpha value is -2.11. The van der Waals surface area contributed by atoms with E-state index in [2.05, 4.69) is 5.32 Å². The third-order valence-electron chi connectivity index (χ3n) is 3.50. The Balaban J connectivity index is 1.92. The lowest BCUT2D eigenvalue weighted by Crippen LogP contribution is -2.56. The molecule has 1 aromatic rings. The Morgan fingerprint density at radius 1 is 1.30 bits per heavy atom. The highest BCUT2D eigenvalue weighted by Gasteiger charge is 2.40. The maximum atomic E-state index is 13.3. The summed E-state index contributed by atoms with van der Waals surface area (Å²) in [5, 5.41) is 2.62. The maximum Gasteiger partial charge on any atom is 0.258 e. The molecular weight excluding hydrogens is 263 g/mol. The molecule has 1 saturated carbocycles. The third kappa shape index (κ3) is 3.07. The molecule has 0 heterocycles. The van der Waals surface area contributed by atoms with Crippen LogP contribution in [0.1, 0.15) is 25.7 Å². The summed E-state index contributed by atoms with van der Waals surface area (Å²) in [6.07, 6.45) is 2.76. The van der Waals surface area contributed by atoms with Crippen LogP contribution in [0.2, 0.25) is 0 Å². The van der Waals surface area contributed by atoms with Crippen molar-refractivity contribution in [3.8, 4) is 5.75 Å². The number of nitrogens with two attached hydrogens (primary N) is 1. The van der Waals surface area contributed by atoms with Crippen LogP contribution in [0.4, 0.5) is 4.39 Å². The van der Waals surface area contributed by atoms with Crippen LogP contribution in [-0.4, -0.2) is 24.0 Å². The number of para-hydroxylation sites is 1. The highest BCUT2D eigenvalue weighted by Crippen LogP contribution is 2.29. The number of carbonyl (C=O) groups excluding carboxylic acids is 2. The average molecular weight is 280 g/mol. The van der Waals surface area contributed by atoms with Crippen molar-refractivity contribution in [2.24, 2.45) is 5.73 Å². The number of nitrogens with one attached hydrogen (secondary N) is 1. The summed E-state index contributed by atoms with van der Waals surface area (Å²) in [5.41, 5.74) is 4.38. The second-order valence-electron chi connectivity index (χ2n) is 4.92. The summed E-state index contributed by atoms with van der Waals surface area (Å²) in [6.45, 7) is -0.351. The molecule has 0 unspecified atom stereocenters. The van der Waals surface area contributed by atoms with Gasteiger partial charge in [0.2, 0.25) is 5.91 Å². The molecule has 108 valence electrons. The number of carbonyl (C=O) groups is 2. The molecule has 1 aliphatic rings. The second kappa shape index (κ2) is 5.90. The molecule has 6 heteroatoms. The first-order valence-corrected chi connectivity index (χ1v) is 6.52. The first-order valence-electron chi connectivity index (χ1n) is 6.52. The normalized spacial score (nSPS) is 16.6. The molecule has 5 nitrogen and oxygen atoms in total. The van der Waals surface area contributed by atoms with E-state index in [4.69, 9.17) is 10.5 Å². The molecule has 1 fully saturated rings. The van der Waals surface area contributed by atoms with Crippen molar-refractivity contribution < 1.29 is 18.7 Å². The van der Waals surface area contributed by atoms with Crippen molar-refractivity contribution in [2.45, 2.75) is 31.2 Å². The lowest BCUT2D eigenvalue weighted by Gasteiger charge is -2.26. The van der Waals surface area contributed by atoms with Gasteiger partial charge in [-0.2, -0.15) is 0 Å². The van der Waals surface area contributed by atoms with Crippen molar-refractivity contribution >= 4 is 11.8 Å². The molecule has 20 heavy (non-hydrogen) atoms. The van der Waals surface area contributed by atoms with Gasteiger partial charge < -0.3 is 15.8 Å². The van der Waals surface area contributed by atoms with Gasteiger partial charge in [-0.3, -0.25) is 9.59 Å². The number of benzene rings is 1. The SMILES string of the molecule is NC(=O)C1(NC(=O)COc2ccccc2F)CCCC1. The fraction of sp³-hybridized carbons (Fsp3) is 0.429. The second-order valence-corrected chi connectivity index (χ2v) is 4.92. The Kier molecular flexibility index (Phi) is 4.22. The number of hydrogen-bond acceptors (Lipinski definition) is 3. The zero-order chi connectivity index (χ0) is 14.6. The van der Waals surface area contributed by atoms with Gasteiger partial charge in [0.15, 0.2) is 18.2 Å². The van der Waals surface area contributed by atoms with Crippen molar-refractivity contribution in [2.75, 3.05) is 6.61 Å². The molecule has 1 aliphatic carbocycles. The zero-order valence-electron chi connectivity index (χ0n) is 11.0. The summed E-state index contributed by atoms with van der Waals surface area (Å²) in [4.78, 5) is 23.3. The smallest absolute Gasteiger partial charge is 0.258 e. The Morgan fingerprint density at radius 3 is 2.55 bits per heavy atom. The van der Waals surface area contributed by atoms with Gasteiger partial charge in [0, 0.05) is 0 Å². The van der Waals surface area contributed by atoms with Crippen LogP contribution >= 0.6 is 0 Å². The summed E-state index contributed by atoms with van der Waals surface area (Å²) < 4.78 is 18.4. The molecule has 3 N–H and O–H groups in total. The van der Waals surface area contributed by atoms with Crippen LogP contribution in [0, 0.1) is 5.82 Å². The van der Waals surface area contributed by atoms with Crippen molar-refractivity contribution in [3.05, 3.63) is 30.1 Å². The van der Waals surface area contributed by atoms with Crippen LogP contribution in [0.25, 0.3) is 0 Å². The molecule has 2 amide bonds. The topological polar surface area (TPSA) is 81.4 Å². The highest BCUT2D eigenvalue weighted by molar-refractivity contribution is 5.91. The lowest BCUT2D eigenvalue weighted by molar-refractivity contribution is -0.132. The summed E-state index contributed by atoms with van der Waals surface area (Å²) in [5.74, 6) is -1.55. The molecule has 0 aromatic heterocycles. The molecular formula is C14H17FN2O3. The molecule has 0 radical (unpaired) electrons. The molecule has 2 rings (SSSR count). The number of primary amides is 1. The highest BCUT2D eigenvalue weighted by atomic mass is 19.1. The van der Waals surface area contributed by atoms with E-state index in [0.29, 0.717) is 12.8 Å². The van der Waals surface area contributed by atoms with Gasteiger partial charge in [-0.05, 0) is 25.0 Å². The quantitative estimate of drug-likeness (QED) is 0.848. The van der Waals surface area contributed by atoms with Gasteiger partial charge in [-0.25, -0.2) is 4.39 Å². The van der Waals surface area contributed by atoms with Crippen LogP contribution in [0.15, 0.2) is 24.3 Å². The Bertz CT molecular complexity index is 513. The zero-order valence-corrected chi connectivity index (χ0v) is 11.0. The maximum absolute atomic E-state index is 13.3. The van der Waals surface area contributed by atoms with E-state index in [1.165, 1.54) is 18.2 Å². The van der Waals surface area contributed by atoms with Crippen LogP contribution in [0.3, 0.4) is 0 Å².